The van der Waals surface area contributed by atoms with E-state index < -0.39 is 0 Å². The van der Waals surface area contributed by atoms with E-state index in [1.54, 1.807) is 12.3 Å². The molecule has 27 heavy (non-hydrogen) atoms. The Morgan fingerprint density at radius 3 is 2.63 bits per heavy atom. The van der Waals surface area contributed by atoms with Gasteiger partial charge in [-0.1, -0.05) is 19.3 Å². The molecule has 9 heteroatoms. The van der Waals surface area contributed by atoms with Crippen molar-refractivity contribution in [3.05, 3.63) is 28.7 Å². The van der Waals surface area contributed by atoms with Gasteiger partial charge in [0.1, 0.15) is 5.82 Å². The van der Waals surface area contributed by atoms with Crippen LogP contribution >= 0.6 is 12.2 Å². The van der Waals surface area contributed by atoms with Gasteiger partial charge < -0.3 is 4.90 Å². The molecule has 4 rings (SSSR count). The van der Waals surface area contributed by atoms with E-state index in [0.29, 0.717) is 18.3 Å². The molecule has 8 nitrogen and oxygen atoms in total. The topological polar surface area (TPSA) is 78.8 Å². The van der Waals surface area contributed by atoms with Crippen molar-refractivity contribution in [3.63, 3.8) is 0 Å². The summed E-state index contributed by atoms with van der Waals surface area (Å²) in [5, 5.41) is 17.7. The number of tetrazole rings is 1. The Hall–Kier alpha value is -2.31. The summed E-state index contributed by atoms with van der Waals surface area (Å²) < 4.78 is 4.52. The Kier molecular flexibility index (Phi) is 5.45. The highest BCUT2D eigenvalue weighted by Gasteiger charge is 2.22. The third-order valence-electron chi connectivity index (χ3n) is 5.49. The Morgan fingerprint density at radius 2 is 1.89 bits per heavy atom. The molecule has 2 aromatic rings. The van der Waals surface area contributed by atoms with Crippen LogP contribution in [0, 0.1) is 16.1 Å². The van der Waals surface area contributed by atoms with Crippen LogP contribution in [-0.4, -0.2) is 55.9 Å². The fourth-order valence-corrected chi connectivity index (χ4v) is 4.18. The molecule has 3 heterocycles. The molecule has 1 aliphatic carbocycles. The van der Waals surface area contributed by atoms with E-state index in [1.807, 2.05) is 15.4 Å². The maximum absolute atomic E-state index is 9.06. The summed E-state index contributed by atoms with van der Waals surface area (Å²) in [4.78, 5) is 8.95. The second kappa shape index (κ2) is 8.15. The van der Waals surface area contributed by atoms with Gasteiger partial charge in [-0.25, -0.2) is 14.3 Å². The molecule has 1 saturated heterocycles. The number of hydrogen-bond donors (Lipinski definition) is 0. The molecule has 1 saturated carbocycles. The lowest BCUT2D eigenvalue weighted by molar-refractivity contribution is 0.192. The summed E-state index contributed by atoms with van der Waals surface area (Å²) >= 11 is 5.63. The molecule has 0 radical (unpaired) electrons. The van der Waals surface area contributed by atoms with E-state index >= 15 is 0 Å². The fraction of sp³-hybridized carbons (Fsp3) is 0.611. The smallest absolute Gasteiger partial charge is 0.217 e. The van der Waals surface area contributed by atoms with Gasteiger partial charge in [0.2, 0.25) is 4.77 Å². The molecular weight excluding hydrogens is 360 g/mol. The SMILES string of the molecule is N#Cc1ccnc(N2CCN(Cn3nnn(C4CCCCC4)c3=S)CC2)c1. The molecule has 0 bridgehead atoms. The Bertz CT molecular complexity index is 868. The maximum atomic E-state index is 9.06. The van der Waals surface area contributed by atoms with Crippen LogP contribution in [0.2, 0.25) is 0 Å². The van der Waals surface area contributed by atoms with Gasteiger partial charge in [0, 0.05) is 32.4 Å². The van der Waals surface area contributed by atoms with Gasteiger partial charge in [0.15, 0.2) is 0 Å². The van der Waals surface area contributed by atoms with E-state index in [0.717, 1.165) is 49.6 Å². The van der Waals surface area contributed by atoms with E-state index in [4.69, 9.17) is 17.5 Å². The lowest BCUT2D eigenvalue weighted by Crippen LogP contribution is -2.47. The summed E-state index contributed by atoms with van der Waals surface area (Å²) in [7, 11) is 0. The second-order valence-corrected chi connectivity index (χ2v) is 7.62. The number of nitrogens with zero attached hydrogens (tertiary/aromatic N) is 8. The quantitative estimate of drug-likeness (QED) is 0.749. The normalized spacial score (nSPS) is 19.1. The van der Waals surface area contributed by atoms with Crippen molar-refractivity contribution in [3.8, 4) is 6.07 Å². The largest absolute Gasteiger partial charge is 0.354 e. The summed E-state index contributed by atoms with van der Waals surface area (Å²) in [6.45, 7) is 4.20. The maximum Gasteiger partial charge on any atom is 0.217 e. The van der Waals surface area contributed by atoms with E-state index in [2.05, 4.69) is 31.3 Å². The highest BCUT2D eigenvalue weighted by molar-refractivity contribution is 7.71. The van der Waals surface area contributed by atoms with Gasteiger partial charge in [-0.3, -0.25) is 4.90 Å². The summed E-state index contributed by atoms with van der Waals surface area (Å²) in [5.41, 5.74) is 0.646. The molecule has 1 aliphatic heterocycles. The Morgan fingerprint density at radius 1 is 1.11 bits per heavy atom. The number of pyridine rings is 1. The van der Waals surface area contributed by atoms with Crippen LogP contribution in [0.1, 0.15) is 43.7 Å². The van der Waals surface area contributed by atoms with Crippen molar-refractivity contribution in [1.82, 2.24) is 29.7 Å². The van der Waals surface area contributed by atoms with Crippen LogP contribution in [0.5, 0.6) is 0 Å². The molecular formula is C18H24N8S. The summed E-state index contributed by atoms with van der Waals surface area (Å²) in [6, 6.07) is 6.17. The number of anilines is 1. The first-order valence-electron chi connectivity index (χ1n) is 9.60. The number of piperazine rings is 1. The first kappa shape index (κ1) is 18.1. The molecule has 0 N–H and O–H groups in total. The van der Waals surface area contributed by atoms with Crippen molar-refractivity contribution in [2.45, 2.75) is 44.8 Å². The lowest BCUT2D eigenvalue weighted by Gasteiger charge is -2.35. The highest BCUT2D eigenvalue weighted by Crippen LogP contribution is 2.27. The van der Waals surface area contributed by atoms with E-state index in [9.17, 15) is 0 Å². The van der Waals surface area contributed by atoms with Crippen LogP contribution in [-0.2, 0) is 6.67 Å². The van der Waals surface area contributed by atoms with Crippen LogP contribution in [0.3, 0.4) is 0 Å². The minimum absolute atomic E-state index is 0.412. The Balaban J connectivity index is 1.36. The molecule has 0 amide bonds. The monoisotopic (exact) mass is 384 g/mol. The first-order chi connectivity index (χ1) is 13.2. The molecule has 2 fully saturated rings. The van der Waals surface area contributed by atoms with Crippen LogP contribution in [0.4, 0.5) is 5.82 Å². The van der Waals surface area contributed by atoms with Crippen molar-refractivity contribution in [1.29, 1.82) is 5.26 Å². The second-order valence-electron chi connectivity index (χ2n) is 7.26. The van der Waals surface area contributed by atoms with Gasteiger partial charge in [0.05, 0.1) is 24.3 Å². The number of aromatic nitrogens is 5. The van der Waals surface area contributed by atoms with Crippen LogP contribution in [0.15, 0.2) is 18.3 Å². The molecule has 0 spiro atoms. The van der Waals surface area contributed by atoms with Crippen LogP contribution in [0.25, 0.3) is 0 Å². The average molecular weight is 385 g/mol. The molecule has 0 aromatic carbocycles. The number of rotatable bonds is 4. The van der Waals surface area contributed by atoms with Gasteiger partial charge in [0.25, 0.3) is 0 Å². The van der Waals surface area contributed by atoms with Crippen molar-refractivity contribution in [2.75, 3.05) is 31.1 Å². The van der Waals surface area contributed by atoms with Crippen LogP contribution < -0.4 is 4.90 Å². The molecule has 2 aliphatic rings. The predicted molar refractivity (Wildman–Crippen MR) is 104 cm³/mol. The van der Waals surface area contributed by atoms with Crippen molar-refractivity contribution < 1.29 is 0 Å². The van der Waals surface area contributed by atoms with E-state index in [1.165, 1.54) is 19.3 Å². The minimum atomic E-state index is 0.412. The summed E-state index contributed by atoms with van der Waals surface area (Å²) in [6.07, 6.45) is 7.82. The lowest BCUT2D eigenvalue weighted by atomic mass is 9.96. The molecule has 142 valence electrons. The van der Waals surface area contributed by atoms with Gasteiger partial charge in [-0.2, -0.15) is 5.26 Å². The fourth-order valence-electron chi connectivity index (χ4n) is 3.90. The first-order valence-corrected chi connectivity index (χ1v) is 10.0. The average Bonchev–Trinajstić information content (AvgIpc) is 3.09. The van der Waals surface area contributed by atoms with Gasteiger partial charge >= 0.3 is 0 Å². The van der Waals surface area contributed by atoms with Gasteiger partial charge in [-0.15, -0.1) is 0 Å². The molecule has 0 unspecified atom stereocenters. The van der Waals surface area contributed by atoms with Crippen molar-refractivity contribution in [2.24, 2.45) is 0 Å². The third-order valence-corrected chi connectivity index (χ3v) is 5.88. The highest BCUT2D eigenvalue weighted by atomic mass is 32.1. The number of nitriles is 1. The predicted octanol–water partition coefficient (Wildman–Crippen LogP) is 2.36. The molecule has 0 atom stereocenters. The molecule has 2 aromatic heterocycles. The third kappa shape index (κ3) is 4.01. The van der Waals surface area contributed by atoms with Crippen molar-refractivity contribution >= 4 is 18.0 Å². The standard InChI is InChI=1S/C18H24N8S/c19-13-15-6-7-20-17(12-15)24-10-8-23(9-11-24)14-25-18(27)26(22-21-25)16-4-2-1-3-5-16/h6-7,12,16H,1-5,8-11,14H2. The summed E-state index contributed by atoms with van der Waals surface area (Å²) in [5.74, 6) is 0.869. The zero-order valence-corrected chi connectivity index (χ0v) is 16.2. The number of hydrogen-bond acceptors (Lipinski definition) is 7. The zero-order chi connectivity index (χ0) is 18.6. The Labute approximate surface area is 164 Å². The van der Waals surface area contributed by atoms with E-state index in [-0.39, 0.29) is 0 Å². The van der Waals surface area contributed by atoms with Gasteiger partial charge in [-0.05, 0) is 47.6 Å². The minimum Gasteiger partial charge on any atom is -0.354 e. The zero-order valence-electron chi connectivity index (χ0n) is 15.4.